The van der Waals surface area contributed by atoms with Gasteiger partial charge in [-0.15, -0.1) is 0 Å². The van der Waals surface area contributed by atoms with Crippen LogP contribution >= 0.6 is 0 Å². The highest BCUT2D eigenvalue weighted by atomic mass is 16.2. The molecule has 1 unspecified atom stereocenters. The standard InChI is InChI=1S/C21H25N3O2/c1-15(14-24-12-4-7-20(24)25)23-21(26)17-10-8-16(9-11-17)19-6-3-2-5-18(19)13-22/h2-3,5-6,8-11,15H,4,7,12-14,22H2,1H3,(H,23,26). The maximum Gasteiger partial charge on any atom is 0.251 e. The van der Waals surface area contributed by atoms with Gasteiger partial charge in [0.2, 0.25) is 5.91 Å². The minimum atomic E-state index is -0.122. The summed E-state index contributed by atoms with van der Waals surface area (Å²) in [6, 6.07) is 15.5. The summed E-state index contributed by atoms with van der Waals surface area (Å²) in [6.45, 7) is 3.75. The Morgan fingerprint density at radius 1 is 1.19 bits per heavy atom. The molecule has 2 aromatic carbocycles. The molecule has 5 nitrogen and oxygen atoms in total. The molecule has 0 aliphatic carbocycles. The number of hydrogen-bond acceptors (Lipinski definition) is 3. The largest absolute Gasteiger partial charge is 0.348 e. The average molecular weight is 351 g/mol. The minimum Gasteiger partial charge on any atom is -0.348 e. The normalized spacial score (nSPS) is 15.2. The van der Waals surface area contributed by atoms with Gasteiger partial charge < -0.3 is 16.0 Å². The van der Waals surface area contributed by atoms with Crippen molar-refractivity contribution >= 4 is 11.8 Å². The van der Waals surface area contributed by atoms with E-state index in [4.69, 9.17) is 5.73 Å². The summed E-state index contributed by atoms with van der Waals surface area (Å²) in [6.07, 6.45) is 1.53. The molecule has 2 amide bonds. The number of nitrogens with two attached hydrogens (primary N) is 1. The van der Waals surface area contributed by atoms with Gasteiger partial charge in [0.15, 0.2) is 0 Å². The lowest BCUT2D eigenvalue weighted by molar-refractivity contribution is -0.127. The Bertz CT molecular complexity index is 786. The van der Waals surface area contributed by atoms with Crippen LogP contribution in [0.4, 0.5) is 0 Å². The van der Waals surface area contributed by atoms with Crippen molar-refractivity contribution < 1.29 is 9.59 Å². The van der Waals surface area contributed by atoms with Crippen LogP contribution in [0.2, 0.25) is 0 Å². The average Bonchev–Trinajstić information content (AvgIpc) is 3.06. The fourth-order valence-electron chi connectivity index (χ4n) is 3.36. The predicted molar refractivity (Wildman–Crippen MR) is 103 cm³/mol. The van der Waals surface area contributed by atoms with Gasteiger partial charge in [0.05, 0.1) is 0 Å². The lowest BCUT2D eigenvalue weighted by Gasteiger charge is -2.21. The van der Waals surface area contributed by atoms with E-state index in [9.17, 15) is 9.59 Å². The Labute approximate surface area is 154 Å². The molecule has 2 aromatic rings. The third-order valence-electron chi connectivity index (χ3n) is 4.74. The van der Waals surface area contributed by atoms with Crippen molar-refractivity contribution in [3.8, 4) is 11.1 Å². The third kappa shape index (κ3) is 4.11. The molecule has 26 heavy (non-hydrogen) atoms. The van der Waals surface area contributed by atoms with Crippen LogP contribution in [0.3, 0.4) is 0 Å². The summed E-state index contributed by atoms with van der Waals surface area (Å²) in [7, 11) is 0. The molecule has 1 fully saturated rings. The van der Waals surface area contributed by atoms with Gasteiger partial charge in [-0.05, 0) is 42.2 Å². The van der Waals surface area contributed by atoms with Gasteiger partial charge in [0, 0.05) is 37.7 Å². The Morgan fingerprint density at radius 2 is 1.92 bits per heavy atom. The second-order valence-corrected chi connectivity index (χ2v) is 6.76. The Kier molecular flexibility index (Phi) is 5.68. The van der Waals surface area contributed by atoms with Crippen LogP contribution in [-0.2, 0) is 11.3 Å². The molecule has 5 heteroatoms. The van der Waals surface area contributed by atoms with Crippen LogP contribution < -0.4 is 11.1 Å². The van der Waals surface area contributed by atoms with E-state index in [1.54, 1.807) is 0 Å². The summed E-state index contributed by atoms with van der Waals surface area (Å²) in [5.74, 6) is 0.0526. The first kappa shape index (κ1) is 18.1. The minimum absolute atomic E-state index is 0.0813. The Hall–Kier alpha value is -2.66. The summed E-state index contributed by atoms with van der Waals surface area (Å²) >= 11 is 0. The second-order valence-electron chi connectivity index (χ2n) is 6.76. The van der Waals surface area contributed by atoms with E-state index in [0.717, 1.165) is 29.7 Å². The molecule has 0 saturated carbocycles. The van der Waals surface area contributed by atoms with Crippen molar-refractivity contribution in [2.45, 2.75) is 32.4 Å². The molecule has 0 aromatic heterocycles. The molecular weight excluding hydrogens is 326 g/mol. The molecule has 3 rings (SSSR count). The van der Waals surface area contributed by atoms with Gasteiger partial charge in [-0.3, -0.25) is 9.59 Å². The highest BCUT2D eigenvalue weighted by Crippen LogP contribution is 2.23. The quantitative estimate of drug-likeness (QED) is 0.840. The van der Waals surface area contributed by atoms with E-state index < -0.39 is 0 Å². The monoisotopic (exact) mass is 351 g/mol. The van der Waals surface area contributed by atoms with E-state index in [0.29, 0.717) is 25.1 Å². The SMILES string of the molecule is CC(CN1CCCC1=O)NC(=O)c1ccc(-c2ccccc2CN)cc1. The number of hydrogen-bond donors (Lipinski definition) is 2. The van der Waals surface area contributed by atoms with Gasteiger partial charge in [-0.25, -0.2) is 0 Å². The smallest absolute Gasteiger partial charge is 0.251 e. The molecule has 136 valence electrons. The molecule has 1 saturated heterocycles. The molecule has 1 atom stereocenters. The molecule has 1 aliphatic rings. The fourth-order valence-corrected chi connectivity index (χ4v) is 3.36. The van der Waals surface area contributed by atoms with Crippen LogP contribution in [0.5, 0.6) is 0 Å². The number of carbonyl (C=O) groups is 2. The van der Waals surface area contributed by atoms with Crippen LogP contribution in [0.15, 0.2) is 48.5 Å². The first-order valence-electron chi connectivity index (χ1n) is 9.05. The van der Waals surface area contributed by atoms with Crippen LogP contribution in [0.1, 0.15) is 35.7 Å². The van der Waals surface area contributed by atoms with Crippen LogP contribution in [0.25, 0.3) is 11.1 Å². The lowest BCUT2D eigenvalue weighted by atomic mass is 9.98. The number of carbonyl (C=O) groups excluding carboxylic acids is 2. The number of nitrogens with zero attached hydrogens (tertiary/aromatic N) is 1. The van der Waals surface area contributed by atoms with Gasteiger partial charge in [-0.2, -0.15) is 0 Å². The van der Waals surface area contributed by atoms with Crippen molar-refractivity contribution in [1.29, 1.82) is 0 Å². The van der Waals surface area contributed by atoms with Gasteiger partial charge >= 0.3 is 0 Å². The van der Waals surface area contributed by atoms with Crippen molar-refractivity contribution in [3.05, 3.63) is 59.7 Å². The summed E-state index contributed by atoms with van der Waals surface area (Å²) in [5, 5.41) is 2.97. The van der Waals surface area contributed by atoms with Crippen molar-refractivity contribution in [3.63, 3.8) is 0 Å². The lowest BCUT2D eigenvalue weighted by Crippen LogP contribution is -2.42. The van der Waals surface area contributed by atoms with Crippen LogP contribution in [-0.4, -0.2) is 35.8 Å². The third-order valence-corrected chi connectivity index (χ3v) is 4.74. The Balaban J connectivity index is 1.64. The molecular formula is C21H25N3O2. The number of likely N-dealkylation sites (tertiary alicyclic amines) is 1. The summed E-state index contributed by atoms with van der Waals surface area (Å²) in [4.78, 5) is 26.0. The predicted octanol–water partition coefficient (Wildman–Crippen LogP) is 2.55. The maximum atomic E-state index is 12.4. The van der Waals surface area contributed by atoms with Gasteiger partial charge in [0.25, 0.3) is 5.91 Å². The van der Waals surface area contributed by atoms with Crippen LogP contribution in [0, 0.1) is 0 Å². The molecule has 0 bridgehead atoms. The van der Waals surface area contributed by atoms with E-state index in [1.807, 2.05) is 60.4 Å². The highest BCUT2D eigenvalue weighted by Gasteiger charge is 2.22. The first-order valence-corrected chi connectivity index (χ1v) is 9.05. The molecule has 0 spiro atoms. The van der Waals surface area contributed by atoms with Crippen molar-refractivity contribution in [2.75, 3.05) is 13.1 Å². The Morgan fingerprint density at radius 3 is 2.58 bits per heavy atom. The number of benzene rings is 2. The van der Waals surface area contributed by atoms with Gasteiger partial charge in [-0.1, -0.05) is 36.4 Å². The second kappa shape index (κ2) is 8.15. The zero-order chi connectivity index (χ0) is 18.5. The maximum absolute atomic E-state index is 12.4. The molecule has 1 aliphatic heterocycles. The number of nitrogens with one attached hydrogen (secondary N) is 1. The van der Waals surface area contributed by atoms with Crippen molar-refractivity contribution in [1.82, 2.24) is 10.2 Å². The molecule has 3 N–H and O–H groups in total. The zero-order valence-electron chi connectivity index (χ0n) is 15.1. The van der Waals surface area contributed by atoms with Crippen molar-refractivity contribution in [2.24, 2.45) is 5.73 Å². The number of amides is 2. The van der Waals surface area contributed by atoms with E-state index in [-0.39, 0.29) is 17.9 Å². The summed E-state index contributed by atoms with van der Waals surface area (Å²) in [5.41, 5.74) is 9.62. The fraction of sp³-hybridized carbons (Fsp3) is 0.333. The molecule has 0 radical (unpaired) electrons. The van der Waals surface area contributed by atoms with E-state index >= 15 is 0 Å². The topological polar surface area (TPSA) is 75.4 Å². The number of rotatable bonds is 6. The highest BCUT2D eigenvalue weighted by molar-refractivity contribution is 5.95. The van der Waals surface area contributed by atoms with E-state index in [1.165, 1.54) is 0 Å². The molecule has 1 heterocycles. The first-order chi connectivity index (χ1) is 12.6. The summed E-state index contributed by atoms with van der Waals surface area (Å²) < 4.78 is 0. The van der Waals surface area contributed by atoms with E-state index in [2.05, 4.69) is 5.32 Å². The van der Waals surface area contributed by atoms with Gasteiger partial charge in [0.1, 0.15) is 0 Å². The zero-order valence-corrected chi connectivity index (χ0v) is 15.1.